The fourth-order valence-corrected chi connectivity index (χ4v) is 0.699. The van der Waals surface area contributed by atoms with Gasteiger partial charge in [0.2, 0.25) is 0 Å². The van der Waals surface area contributed by atoms with Crippen molar-refractivity contribution < 1.29 is 5.32 Å². The van der Waals surface area contributed by atoms with Gasteiger partial charge in [0, 0.05) is 7.05 Å². The minimum absolute atomic E-state index is 1.05. The molecule has 2 nitrogen and oxygen atoms in total. The summed E-state index contributed by atoms with van der Waals surface area (Å²) in [5.74, 6) is 0. The van der Waals surface area contributed by atoms with Gasteiger partial charge in [0.25, 0.3) is 0 Å². The third-order valence-electron chi connectivity index (χ3n) is 1.20. The van der Waals surface area contributed by atoms with E-state index in [1.807, 2.05) is 13.1 Å². The number of nitrogens with one attached hydrogen (secondary N) is 1. The standard InChI is InChI=1S/C6H10N2/c1-7-6-3-2-4-8-5-6/h2-4,7-8H,5H2,1H3/p+1. The first kappa shape index (κ1) is 5.38. The zero-order valence-corrected chi connectivity index (χ0v) is 5.02. The fourth-order valence-electron chi connectivity index (χ4n) is 0.699. The lowest BCUT2D eigenvalue weighted by Gasteiger charge is -2.04. The highest BCUT2D eigenvalue weighted by Gasteiger charge is 1.95. The van der Waals surface area contributed by atoms with Crippen molar-refractivity contribution in [3.8, 4) is 0 Å². The lowest BCUT2D eigenvalue weighted by Crippen LogP contribution is -2.79. The van der Waals surface area contributed by atoms with Crippen molar-refractivity contribution in [1.82, 2.24) is 5.32 Å². The minimum Gasteiger partial charge on any atom is -0.387 e. The minimum atomic E-state index is 1.05. The molecule has 0 radical (unpaired) electrons. The van der Waals surface area contributed by atoms with Crippen LogP contribution in [0.25, 0.3) is 0 Å². The number of quaternary nitrogens is 1. The normalized spacial score (nSPS) is 17.9. The van der Waals surface area contributed by atoms with Crippen LogP contribution < -0.4 is 10.6 Å². The molecule has 0 spiro atoms. The van der Waals surface area contributed by atoms with Crippen LogP contribution in [-0.4, -0.2) is 13.6 Å². The topological polar surface area (TPSA) is 28.6 Å². The number of nitrogens with two attached hydrogens (primary N) is 1. The third kappa shape index (κ3) is 1.10. The molecule has 0 amide bonds. The van der Waals surface area contributed by atoms with Gasteiger partial charge in [-0.05, 0) is 12.2 Å². The molecule has 8 heavy (non-hydrogen) atoms. The zero-order valence-electron chi connectivity index (χ0n) is 5.02. The van der Waals surface area contributed by atoms with Crippen LogP contribution in [0.2, 0.25) is 0 Å². The second kappa shape index (κ2) is 2.52. The van der Waals surface area contributed by atoms with Crippen LogP contribution in [0.15, 0.2) is 24.0 Å². The van der Waals surface area contributed by atoms with Gasteiger partial charge in [-0.2, -0.15) is 0 Å². The van der Waals surface area contributed by atoms with Gasteiger partial charge < -0.3 is 10.6 Å². The van der Waals surface area contributed by atoms with E-state index in [1.54, 1.807) is 0 Å². The van der Waals surface area contributed by atoms with Crippen molar-refractivity contribution in [3.63, 3.8) is 0 Å². The van der Waals surface area contributed by atoms with E-state index < -0.39 is 0 Å². The molecule has 0 saturated carbocycles. The number of rotatable bonds is 1. The highest BCUT2D eigenvalue weighted by atomic mass is 14.9. The van der Waals surface area contributed by atoms with Crippen molar-refractivity contribution in [2.24, 2.45) is 0 Å². The van der Waals surface area contributed by atoms with Crippen LogP contribution in [0.5, 0.6) is 0 Å². The van der Waals surface area contributed by atoms with E-state index in [4.69, 9.17) is 0 Å². The van der Waals surface area contributed by atoms with Crippen LogP contribution in [0.1, 0.15) is 0 Å². The Morgan fingerprint density at radius 3 is 3.00 bits per heavy atom. The van der Waals surface area contributed by atoms with Crippen molar-refractivity contribution in [1.29, 1.82) is 0 Å². The van der Waals surface area contributed by atoms with Gasteiger partial charge in [0.1, 0.15) is 6.54 Å². The Morgan fingerprint density at radius 1 is 1.75 bits per heavy atom. The Bertz CT molecular complexity index is 124. The molecule has 0 atom stereocenters. The maximum atomic E-state index is 3.08. The Balaban J connectivity index is 2.50. The summed E-state index contributed by atoms with van der Waals surface area (Å²) in [7, 11) is 1.94. The molecule has 2 heteroatoms. The van der Waals surface area contributed by atoms with E-state index in [2.05, 4.69) is 22.9 Å². The largest absolute Gasteiger partial charge is 0.387 e. The molecule has 0 unspecified atom stereocenters. The number of likely N-dealkylation sites (N-methyl/N-ethyl adjacent to an activating group) is 1. The van der Waals surface area contributed by atoms with Gasteiger partial charge in [-0.25, -0.2) is 0 Å². The SMILES string of the molecule is CNC1=CC=C[NH2+]C1. The quantitative estimate of drug-likeness (QED) is 0.455. The van der Waals surface area contributed by atoms with Crippen LogP contribution in [0, 0.1) is 0 Å². The summed E-state index contributed by atoms with van der Waals surface area (Å²) in [6.07, 6.45) is 6.18. The van der Waals surface area contributed by atoms with Crippen LogP contribution >= 0.6 is 0 Å². The molecule has 0 aliphatic carbocycles. The second-order valence-corrected chi connectivity index (χ2v) is 1.77. The van der Waals surface area contributed by atoms with Gasteiger partial charge in [-0.15, -0.1) is 0 Å². The molecule has 1 rings (SSSR count). The fraction of sp³-hybridized carbons (Fsp3) is 0.333. The molecule has 1 heterocycles. The van der Waals surface area contributed by atoms with Crippen molar-refractivity contribution >= 4 is 0 Å². The van der Waals surface area contributed by atoms with Crippen LogP contribution in [-0.2, 0) is 0 Å². The smallest absolute Gasteiger partial charge is 0.120 e. The summed E-state index contributed by atoms with van der Waals surface area (Å²) in [5.41, 5.74) is 1.28. The molecule has 0 saturated heterocycles. The molecule has 0 aromatic carbocycles. The molecular weight excluding hydrogens is 100 g/mol. The highest BCUT2D eigenvalue weighted by molar-refractivity contribution is 5.11. The molecule has 0 aromatic rings. The van der Waals surface area contributed by atoms with Crippen LogP contribution in [0.4, 0.5) is 0 Å². The molecule has 1 aliphatic heterocycles. The highest BCUT2D eigenvalue weighted by Crippen LogP contribution is 1.85. The zero-order chi connectivity index (χ0) is 5.82. The maximum Gasteiger partial charge on any atom is 0.120 e. The average molecular weight is 111 g/mol. The lowest BCUT2D eigenvalue weighted by molar-refractivity contribution is -0.581. The first-order valence-electron chi connectivity index (χ1n) is 2.80. The van der Waals surface area contributed by atoms with E-state index in [0.29, 0.717) is 0 Å². The predicted molar refractivity (Wildman–Crippen MR) is 33.1 cm³/mol. The number of allylic oxidation sites excluding steroid dienone is 2. The van der Waals surface area contributed by atoms with Gasteiger partial charge >= 0.3 is 0 Å². The van der Waals surface area contributed by atoms with Gasteiger partial charge in [-0.1, -0.05) is 0 Å². The van der Waals surface area contributed by atoms with Crippen LogP contribution in [0.3, 0.4) is 0 Å². The van der Waals surface area contributed by atoms with Crippen molar-refractivity contribution in [2.45, 2.75) is 0 Å². The Kier molecular flexibility index (Phi) is 1.70. The lowest BCUT2D eigenvalue weighted by atomic mass is 10.3. The monoisotopic (exact) mass is 111 g/mol. The predicted octanol–water partition coefficient (Wildman–Crippen LogP) is -0.820. The molecule has 0 bridgehead atoms. The molecule has 44 valence electrons. The average Bonchev–Trinajstić information content (AvgIpc) is 1.90. The first-order valence-corrected chi connectivity index (χ1v) is 2.80. The number of hydrogen-bond acceptors (Lipinski definition) is 1. The third-order valence-corrected chi connectivity index (χ3v) is 1.20. The molecule has 0 aromatic heterocycles. The summed E-state index contributed by atoms with van der Waals surface area (Å²) in [6.45, 7) is 1.05. The van der Waals surface area contributed by atoms with E-state index in [9.17, 15) is 0 Å². The summed E-state index contributed by atoms with van der Waals surface area (Å²) in [5, 5.41) is 5.21. The Hall–Kier alpha value is -0.760. The molecule has 1 aliphatic rings. The summed E-state index contributed by atoms with van der Waals surface area (Å²) in [6, 6.07) is 0. The van der Waals surface area contributed by atoms with E-state index >= 15 is 0 Å². The molecular formula is C6H11N2+. The number of hydrogen-bond donors (Lipinski definition) is 2. The maximum absolute atomic E-state index is 3.08. The molecule has 0 fully saturated rings. The van der Waals surface area contributed by atoms with Gasteiger partial charge in [0.05, 0.1) is 11.9 Å². The van der Waals surface area contributed by atoms with Gasteiger partial charge in [0.15, 0.2) is 0 Å². The van der Waals surface area contributed by atoms with Crippen molar-refractivity contribution in [2.75, 3.05) is 13.6 Å². The van der Waals surface area contributed by atoms with E-state index in [-0.39, 0.29) is 0 Å². The molecule has 3 N–H and O–H groups in total. The summed E-state index contributed by atoms with van der Waals surface area (Å²) in [4.78, 5) is 0. The Labute approximate surface area is 49.3 Å². The Morgan fingerprint density at radius 2 is 2.62 bits per heavy atom. The van der Waals surface area contributed by atoms with E-state index in [0.717, 1.165) is 6.54 Å². The summed E-state index contributed by atoms with van der Waals surface area (Å²) >= 11 is 0. The van der Waals surface area contributed by atoms with Crippen molar-refractivity contribution in [3.05, 3.63) is 24.0 Å². The summed E-state index contributed by atoms with van der Waals surface area (Å²) < 4.78 is 0. The van der Waals surface area contributed by atoms with Gasteiger partial charge in [-0.3, -0.25) is 0 Å². The first-order chi connectivity index (χ1) is 3.93. The second-order valence-electron chi connectivity index (χ2n) is 1.77. The van der Waals surface area contributed by atoms with E-state index in [1.165, 1.54) is 5.70 Å².